The van der Waals surface area contributed by atoms with Crippen molar-refractivity contribution in [1.82, 2.24) is 9.78 Å². The molecule has 2 rings (SSSR count). The van der Waals surface area contributed by atoms with Gasteiger partial charge in [-0.1, -0.05) is 0 Å². The van der Waals surface area contributed by atoms with Crippen LogP contribution in [0.4, 0.5) is 10.1 Å². The molecule has 0 atom stereocenters. The number of benzene rings is 1. The second kappa shape index (κ2) is 4.37. The molecule has 88 valence electrons. The molecule has 1 aromatic carbocycles. The first kappa shape index (κ1) is 11.3. The minimum absolute atomic E-state index is 0.297. The lowest BCUT2D eigenvalue weighted by atomic mass is 10.2. The van der Waals surface area contributed by atoms with Crippen LogP contribution >= 0.6 is 0 Å². The summed E-state index contributed by atoms with van der Waals surface area (Å²) in [5.41, 5.74) is 1.71. The molecule has 0 aliphatic rings. The highest BCUT2D eigenvalue weighted by molar-refractivity contribution is 6.03. The minimum Gasteiger partial charge on any atom is -0.321 e. The van der Waals surface area contributed by atoms with E-state index >= 15 is 0 Å². The fourth-order valence-electron chi connectivity index (χ4n) is 1.55. The number of hydrogen-bond acceptors (Lipinski definition) is 2. The van der Waals surface area contributed by atoms with Gasteiger partial charge in [0.05, 0.1) is 0 Å². The van der Waals surface area contributed by atoms with Crippen molar-refractivity contribution in [2.24, 2.45) is 7.05 Å². The molecule has 0 saturated carbocycles. The van der Waals surface area contributed by atoms with E-state index in [2.05, 4.69) is 10.4 Å². The number of nitrogens with one attached hydrogen (secondary N) is 1. The van der Waals surface area contributed by atoms with Crippen molar-refractivity contribution in [3.05, 3.63) is 47.5 Å². The monoisotopic (exact) mass is 233 g/mol. The first-order chi connectivity index (χ1) is 8.06. The molecule has 0 fully saturated rings. The van der Waals surface area contributed by atoms with Crippen LogP contribution in [-0.2, 0) is 7.05 Å². The highest BCUT2D eigenvalue weighted by atomic mass is 19.1. The van der Waals surface area contributed by atoms with E-state index in [1.165, 1.54) is 24.3 Å². The van der Waals surface area contributed by atoms with Gasteiger partial charge in [0, 0.05) is 24.5 Å². The van der Waals surface area contributed by atoms with E-state index in [0.29, 0.717) is 11.4 Å². The van der Waals surface area contributed by atoms with E-state index in [4.69, 9.17) is 0 Å². The number of nitrogens with zero attached hydrogens (tertiary/aromatic N) is 2. The third kappa shape index (κ3) is 2.50. The molecule has 1 heterocycles. The number of halogens is 1. The number of hydrogen-bond donors (Lipinski definition) is 1. The van der Waals surface area contributed by atoms with E-state index in [0.717, 1.165) is 5.56 Å². The fraction of sp³-hybridized carbons (Fsp3) is 0.167. The summed E-state index contributed by atoms with van der Waals surface area (Å²) in [6, 6.07) is 5.60. The molecule has 0 saturated heterocycles. The van der Waals surface area contributed by atoms with Crippen LogP contribution in [-0.4, -0.2) is 15.7 Å². The van der Waals surface area contributed by atoms with E-state index in [1.807, 2.05) is 6.92 Å². The van der Waals surface area contributed by atoms with E-state index < -0.39 is 0 Å². The Labute approximate surface area is 98.1 Å². The Morgan fingerprint density at radius 2 is 2.00 bits per heavy atom. The molecule has 1 aromatic heterocycles. The van der Waals surface area contributed by atoms with Gasteiger partial charge in [-0.2, -0.15) is 5.10 Å². The maximum atomic E-state index is 12.7. The molecule has 1 N–H and O–H groups in total. The number of amides is 1. The molecule has 4 nitrogen and oxygen atoms in total. The van der Waals surface area contributed by atoms with Crippen LogP contribution in [0.3, 0.4) is 0 Å². The van der Waals surface area contributed by atoms with Crippen molar-refractivity contribution in [2.45, 2.75) is 6.92 Å². The number of rotatable bonds is 2. The topological polar surface area (TPSA) is 46.9 Å². The fourth-order valence-corrected chi connectivity index (χ4v) is 1.55. The summed E-state index contributed by atoms with van der Waals surface area (Å²) in [5, 5.41) is 6.71. The maximum Gasteiger partial charge on any atom is 0.276 e. The van der Waals surface area contributed by atoms with Gasteiger partial charge in [0.25, 0.3) is 5.91 Å². The summed E-state index contributed by atoms with van der Waals surface area (Å²) in [7, 11) is 1.75. The maximum absolute atomic E-state index is 12.7. The molecule has 0 spiro atoms. The first-order valence-corrected chi connectivity index (χ1v) is 5.13. The number of aryl methyl sites for hydroxylation is 2. The van der Waals surface area contributed by atoms with Crippen LogP contribution in [0.5, 0.6) is 0 Å². The van der Waals surface area contributed by atoms with Gasteiger partial charge in [-0.05, 0) is 31.2 Å². The van der Waals surface area contributed by atoms with Crippen LogP contribution in [0.2, 0.25) is 0 Å². The van der Waals surface area contributed by atoms with Crippen LogP contribution < -0.4 is 5.32 Å². The van der Waals surface area contributed by atoms with Crippen molar-refractivity contribution in [1.29, 1.82) is 0 Å². The van der Waals surface area contributed by atoms with E-state index in [1.54, 1.807) is 17.9 Å². The van der Waals surface area contributed by atoms with Crippen LogP contribution in [0, 0.1) is 12.7 Å². The van der Waals surface area contributed by atoms with Gasteiger partial charge < -0.3 is 5.32 Å². The Hall–Kier alpha value is -2.17. The molecule has 0 unspecified atom stereocenters. The Bertz CT molecular complexity index is 545. The van der Waals surface area contributed by atoms with Gasteiger partial charge in [0.1, 0.15) is 5.82 Å². The Morgan fingerprint density at radius 1 is 1.35 bits per heavy atom. The molecule has 17 heavy (non-hydrogen) atoms. The molecule has 5 heteroatoms. The Balaban J connectivity index is 2.17. The zero-order chi connectivity index (χ0) is 12.4. The summed E-state index contributed by atoms with van der Waals surface area (Å²) in [6.07, 6.45) is 1.76. The predicted octanol–water partition coefficient (Wildman–Crippen LogP) is 2.12. The summed E-state index contributed by atoms with van der Waals surface area (Å²) in [4.78, 5) is 11.9. The SMILES string of the molecule is Cc1cn(C)nc1C(=O)Nc1ccc(F)cc1. The molecule has 0 radical (unpaired) electrons. The van der Waals surface area contributed by atoms with E-state index in [9.17, 15) is 9.18 Å². The van der Waals surface area contributed by atoms with Gasteiger partial charge in [-0.15, -0.1) is 0 Å². The second-order valence-electron chi connectivity index (χ2n) is 3.80. The number of aromatic nitrogens is 2. The summed E-state index contributed by atoms with van der Waals surface area (Å²) >= 11 is 0. The molecule has 0 bridgehead atoms. The zero-order valence-corrected chi connectivity index (χ0v) is 9.57. The summed E-state index contributed by atoms with van der Waals surface area (Å²) in [5.74, 6) is -0.633. The van der Waals surface area contributed by atoms with Crippen LogP contribution in [0.25, 0.3) is 0 Å². The molecular formula is C12H12FN3O. The average Bonchev–Trinajstić information content (AvgIpc) is 2.61. The highest BCUT2D eigenvalue weighted by Crippen LogP contribution is 2.11. The van der Waals surface area contributed by atoms with Crippen molar-refractivity contribution < 1.29 is 9.18 Å². The predicted molar refractivity (Wildman–Crippen MR) is 62.3 cm³/mol. The quantitative estimate of drug-likeness (QED) is 0.863. The van der Waals surface area contributed by atoms with Crippen molar-refractivity contribution >= 4 is 11.6 Å². The first-order valence-electron chi connectivity index (χ1n) is 5.13. The van der Waals surface area contributed by atoms with E-state index in [-0.39, 0.29) is 11.7 Å². The number of carbonyl (C=O) groups excluding carboxylic acids is 1. The molecule has 1 amide bonds. The molecule has 2 aromatic rings. The van der Waals surface area contributed by atoms with Gasteiger partial charge in [0.2, 0.25) is 0 Å². The van der Waals surface area contributed by atoms with Gasteiger partial charge >= 0.3 is 0 Å². The van der Waals surface area contributed by atoms with Crippen molar-refractivity contribution in [3.63, 3.8) is 0 Å². The lowest BCUT2D eigenvalue weighted by Gasteiger charge is -2.03. The van der Waals surface area contributed by atoms with Crippen LogP contribution in [0.15, 0.2) is 30.5 Å². The molecular weight excluding hydrogens is 221 g/mol. The minimum atomic E-state index is -0.336. The lowest BCUT2D eigenvalue weighted by Crippen LogP contribution is -2.14. The van der Waals surface area contributed by atoms with Gasteiger partial charge in [-0.3, -0.25) is 9.48 Å². The van der Waals surface area contributed by atoms with Gasteiger partial charge in [0.15, 0.2) is 5.69 Å². The third-order valence-electron chi connectivity index (χ3n) is 2.33. The second-order valence-corrected chi connectivity index (χ2v) is 3.80. The van der Waals surface area contributed by atoms with Crippen LogP contribution in [0.1, 0.15) is 16.1 Å². The van der Waals surface area contributed by atoms with Crippen molar-refractivity contribution in [2.75, 3.05) is 5.32 Å². The molecule has 0 aliphatic carbocycles. The molecule has 0 aliphatic heterocycles. The van der Waals surface area contributed by atoms with Gasteiger partial charge in [-0.25, -0.2) is 4.39 Å². The van der Waals surface area contributed by atoms with Crippen molar-refractivity contribution in [3.8, 4) is 0 Å². The smallest absolute Gasteiger partial charge is 0.276 e. The summed E-state index contributed by atoms with van der Waals surface area (Å²) in [6.45, 7) is 1.81. The number of carbonyl (C=O) groups is 1. The standard InChI is InChI=1S/C12H12FN3O/c1-8-7-16(2)15-11(8)12(17)14-10-5-3-9(13)4-6-10/h3-7H,1-2H3,(H,14,17). The Morgan fingerprint density at radius 3 is 2.53 bits per heavy atom. The third-order valence-corrected chi connectivity index (χ3v) is 2.33. The lowest BCUT2D eigenvalue weighted by molar-refractivity contribution is 0.102. The number of anilines is 1. The Kier molecular flexibility index (Phi) is 2.91. The largest absolute Gasteiger partial charge is 0.321 e. The normalized spacial score (nSPS) is 10.3. The summed E-state index contributed by atoms with van der Waals surface area (Å²) < 4.78 is 14.3. The highest BCUT2D eigenvalue weighted by Gasteiger charge is 2.13. The zero-order valence-electron chi connectivity index (χ0n) is 9.57. The average molecular weight is 233 g/mol.